The van der Waals surface area contributed by atoms with Crippen LogP contribution in [0.3, 0.4) is 0 Å². The molecule has 0 amide bonds. The molecule has 0 aliphatic carbocycles. The molecule has 3 nitrogen and oxygen atoms in total. The Morgan fingerprint density at radius 2 is 1.89 bits per heavy atom. The summed E-state index contributed by atoms with van der Waals surface area (Å²) in [6, 6.07) is 6.57. The minimum absolute atomic E-state index is 0. The van der Waals surface area contributed by atoms with E-state index in [0.29, 0.717) is 0 Å². The molecule has 0 spiro atoms. The molecule has 1 aliphatic rings. The zero-order valence-electron chi connectivity index (χ0n) is 11.4. The summed E-state index contributed by atoms with van der Waals surface area (Å²) in [6.45, 7) is 8.55. The number of hydrogen-bond donors (Lipinski definition) is 1. The predicted octanol–water partition coefficient (Wildman–Crippen LogP) is 2.68. The highest BCUT2D eigenvalue weighted by Crippen LogP contribution is 2.24. The Hall–Kier alpha value is -1.32. The van der Waals surface area contributed by atoms with Crippen molar-refractivity contribution in [3.8, 4) is 0 Å². The average molecular weight is 278 g/mol. The van der Waals surface area contributed by atoms with Gasteiger partial charge in [-0.25, -0.2) is 4.98 Å². The number of rotatable bonds is 1. The zero-order chi connectivity index (χ0) is 12.5. The molecule has 1 aromatic heterocycles. The third kappa shape index (κ3) is 2.67. The third-order valence-corrected chi connectivity index (χ3v) is 3.87. The van der Waals surface area contributed by atoms with E-state index in [-0.39, 0.29) is 12.4 Å². The maximum Gasteiger partial charge on any atom is 0.129 e. The second kappa shape index (κ2) is 5.76. The number of piperazine rings is 1. The number of hydrogen-bond acceptors (Lipinski definition) is 3. The second-order valence-corrected chi connectivity index (χ2v) is 5.01. The number of benzene rings is 1. The number of aromatic nitrogens is 1. The molecule has 2 aromatic rings. The Morgan fingerprint density at radius 1 is 1.16 bits per heavy atom. The van der Waals surface area contributed by atoms with E-state index in [4.69, 9.17) is 0 Å². The third-order valence-electron chi connectivity index (χ3n) is 3.87. The molecule has 1 saturated heterocycles. The molecule has 1 aromatic carbocycles. The number of aryl methyl sites for hydroxylation is 2. The summed E-state index contributed by atoms with van der Waals surface area (Å²) in [5.74, 6) is 1.11. The number of fused-ring (bicyclic) bond motifs is 1. The highest BCUT2D eigenvalue weighted by Gasteiger charge is 2.12. The molecule has 0 radical (unpaired) electrons. The van der Waals surface area contributed by atoms with Crippen LogP contribution in [0.15, 0.2) is 24.4 Å². The molecule has 1 aliphatic heterocycles. The van der Waals surface area contributed by atoms with E-state index in [1.807, 2.05) is 6.20 Å². The molecule has 3 rings (SSSR count). The van der Waals surface area contributed by atoms with Gasteiger partial charge in [-0.2, -0.15) is 0 Å². The van der Waals surface area contributed by atoms with Gasteiger partial charge in [0.15, 0.2) is 0 Å². The first-order valence-corrected chi connectivity index (χ1v) is 6.57. The smallest absolute Gasteiger partial charge is 0.129 e. The van der Waals surface area contributed by atoms with Gasteiger partial charge in [0.2, 0.25) is 0 Å². The fourth-order valence-electron chi connectivity index (χ4n) is 2.53. The SMILES string of the molecule is Cc1ccc2cnc(N3CCNCC3)cc2c1C.Cl. The predicted molar refractivity (Wildman–Crippen MR) is 83.5 cm³/mol. The summed E-state index contributed by atoms with van der Waals surface area (Å²) in [7, 11) is 0. The number of halogens is 1. The van der Waals surface area contributed by atoms with Gasteiger partial charge in [0.05, 0.1) is 0 Å². The lowest BCUT2D eigenvalue weighted by Gasteiger charge is -2.28. The summed E-state index contributed by atoms with van der Waals surface area (Å²) < 4.78 is 0. The van der Waals surface area contributed by atoms with Crippen molar-refractivity contribution >= 4 is 29.0 Å². The van der Waals surface area contributed by atoms with Crippen LogP contribution in [0.25, 0.3) is 10.8 Å². The standard InChI is InChI=1S/C15H19N3.ClH/c1-11-3-4-13-10-17-15(9-14(13)12(11)2)18-7-5-16-6-8-18;/h3-4,9-10,16H,5-8H2,1-2H3;1H. The quantitative estimate of drug-likeness (QED) is 0.869. The maximum atomic E-state index is 4.60. The Balaban J connectivity index is 0.00000133. The van der Waals surface area contributed by atoms with Crippen molar-refractivity contribution in [3.63, 3.8) is 0 Å². The van der Waals surface area contributed by atoms with Crippen molar-refractivity contribution < 1.29 is 0 Å². The molecule has 4 heteroatoms. The van der Waals surface area contributed by atoms with E-state index in [1.165, 1.54) is 21.9 Å². The molecular weight excluding hydrogens is 258 g/mol. The van der Waals surface area contributed by atoms with Crippen molar-refractivity contribution in [1.29, 1.82) is 0 Å². The second-order valence-electron chi connectivity index (χ2n) is 5.01. The number of anilines is 1. The van der Waals surface area contributed by atoms with Gasteiger partial charge in [-0.05, 0) is 36.4 Å². The minimum Gasteiger partial charge on any atom is -0.354 e. The molecule has 1 N–H and O–H groups in total. The van der Waals surface area contributed by atoms with E-state index in [9.17, 15) is 0 Å². The van der Waals surface area contributed by atoms with Gasteiger partial charge >= 0.3 is 0 Å². The van der Waals surface area contributed by atoms with Gasteiger partial charge in [0.25, 0.3) is 0 Å². The fraction of sp³-hybridized carbons (Fsp3) is 0.400. The van der Waals surface area contributed by atoms with Crippen molar-refractivity contribution in [2.75, 3.05) is 31.1 Å². The van der Waals surface area contributed by atoms with Gasteiger partial charge in [-0.15, -0.1) is 12.4 Å². The molecule has 0 bridgehead atoms. The minimum atomic E-state index is 0. The van der Waals surface area contributed by atoms with Gasteiger partial charge < -0.3 is 10.2 Å². The Morgan fingerprint density at radius 3 is 2.63 bits per heavy atom. The Labute approximate surface area is 120 Å². The topological polar surface area (TPSA) is 28.2 Å². The monoisotopic (exact) mass is 277 g/mol. The lowest BCUT2D eigenvalue weighted by Crippen LogP contribution is -2.43. The molecule has 0 saturated carbocycles. The maximum absolute atomic E-state index is 4.60. The zero-order valence-corrected chi connectivity index (χ0v) is 12.3. The summed E-state index contributed by atoms with van der Waals surface area (Å²) in [4.78, 5) is 6.96. The first-order chi connectivity index (χ1) is 8.75. The molecule has 19 heavy (non-hydrogen) atoms. The van der Waals surface area contributed by atoms with E-state index in [1.54, 1.807) is 0 Å². The van der Waals surface area contributed by atoms with Crippen LogP contribution in [0.2, 0.25) is 0 Å². The highest BCUT2D eigenvalue weighted by molar-refractivity contribution is 5.88. The number of pyridine rings is 1. The largest absolute Gasteiger partial charge is 0.354 e. The molecule has 2 heterocycles. The van der Waals surface area contributed by atoms with E-state index in [2.05, 4.69) is 47.2 Å². The van der Waals surface area contributed by atoms with Crippen LogP contribution in [0.5, 0.6) is 0 Å². The molecule has 102 valence electrons. The summed E-state index contributed by atoms with van der Waals surface area (Å²) in [6.07, 6.45) is 2.00. The van der Waals surface area contributed by atoms with Crippen LogP contribution in [-0.2, 0) is 0 Å². The van der Waals surface area contributed by atoms with E-state index >= 15 is 0 Å². The first-order valence-electron chi connectivity index (χ1n) is 6.57. The summed E-state index contributed by atoms with van der Waals surface area (Å²) in [5.41, 5.74) is 2.71. The van der Waals surface area contributed by atoms with E-state index in [0.717, 1.165) is 32.0 Å². The van der Waals surface area contributed by atoms with Crippen LogP contribution in [0, 0.1) is 13.8 Å². The fourth-order valence-corrected chi connectivity index (χ4v) is 2.53. The Bertz CT molecular complexity index is 577. The summed E-state index contributed by atoms with van der Waals surface area (Å²) >= 11 is 0. The van der Waals surface area contributed by atoms with Crippen molar-refractivity contribution in [2.45, 2.75) is 13.8 Å². The van der Waals surface area contributed by atoms with Gasteiger partial charge in [-0.3, -0.25) is 0 Å². The van der Waals surface area contributed by atoms with Crippen LogP contribution in [0.1, 0.15) is 11.1 Å². The van der Waals surface area contributed by atoms with Crippen molar-refractivity contribution in [2.24, 2.45) is 0 Å². The molecule has 1 fully saturated rings. The summed E-state index contributed by atoms with van der Waals surface area (Å²) in [5, 5.41) is 5.94. The lowest BCUT2D eigenvalue weighted by molar-refractivity contribution is 0.585. The van der Waals surface area contributed by atoms with Crippen LogP contribution < -0.4 is 10.2 Å². The van der Waals surface area contributed by atoms with E-state index < -0.39 is 0 Å². The van der Waals surface area contributed by atoms with Crippen LogP contribution >= 0.6 is 12.4 Å². The van der Waals surface area contributed by atoms with Crippen molar-refractivity contribution in [3.05, 3.63) is 35.5 Å². The van der Waals surface area contributed by atoms with Gasteiger partial charge in [0, 0.05) is 37.8 Å². The van der Waals surface area contributed by atoms with Crippen LogP contribution in [-0.4, -0.2) is 31.2 Å². The number of nitrogens with zero attached hydrogens (tertiary/aromatic N) is 2. The Kier molecular flexibility index (Phi) is 4.27. The normalized spacial score (nSPS) is 15.4. The molecule has 0 unspecified atom stereocenters. The average Bonchev–Trinajstić information content (AvgIpc) is 2.44. The van der Waals surface area contributed by atoms with Gasteiger partial charge in [0.1, 0.15) is 5.82 Å². The van der Waals surface area contributed by atoms with Crippen molar-refractivity contribution in [1.82, 2.24) is 10.3 Å². The highest BCUT2D eigenvalue weighted by atomic mass is 35.5. The molecule has 0 atom stereocenters. The molecular formula is C15H20ClN3. The lowest BCUT2D eigenvalue weighted by atomic mass is 10.0. The van der Waals surface area contributed by atoms with Gasteiger partial charge in [-0.1, -0.05) is 12.1 Å². The van der Waals surface area contributed by atoms with Crippen LogP contribution in [0.4, 0.5) is 5.82 Å². The first kappa shape index (κ1) is 14.1. The number of nitrogens with one attached hydrogen (secondary N) is 1.